The Morgan fingerprint density at radius 3 is 2.52 bits per heavy atom. The molecule has 3 rings (SSSR count). The molecule has 2 N–H and O–H groups in total. The molecule has 23 heavy (non-hydrogen) atoms. The quantitative estimate of drug-likeness (QED) is 0.609. The first-order valence-electron chi connectivity index (χ1n) is 7.13. The van der Waals surface area contributed by atoms with Gasteiger partial charge in [0.05, 0.1) is 18.4 Å². The van der Waals surface area contributed by atoms with Crippen molar-refractivity contribution >= 4 is 23.5 Å². The minimum absolute atomic E-state index is 0.0281. The fourth-order valence-corrected chi connectivity index (χ4v) is 2.83. The molecule has 1 aromatic carbocycles. The Hall–Kier alpha value is -2.67. The number of methoxy groups -OCH3 is 1. The summed E-state index contributed by atoms with van der Waals surface area (Å²) < 4.78 is 4.67. The molecule has 1 fully saturated rings. The summed E-state index contributed by atoms with van der Waals surface area (Å²) in [7, 11) is 1.22. The molecular formula is C16H17N3O4. The normalized spacial score (nSPS) is 23.2. The van der Waals surface area contributed by atoms with Gasteiger partial charge in [0.1, 0.15) is 11.2 Å². The number of esters is 1. The second-order valence-corrected chi connectivity index (χ2v) is 5.83. The van der Waals surface area contributed by atoms with E-state index in [1.165, 1.54) is 7.11 Å². The summed E-state index contributed by atoms with van der Waals surface area (Å²) in [4.78, 5) is 38.5. The van der Waals surface area contributed by atoms with Gasteiger partial charge in [-0.1, -0.05) is 6.07 Å². The van der Waals surface area contributed by atoms with Crippen LogP contribution in [0, 0.1) is 13.8 Å². The van der Waals surface area contributed by atoms with E-state index >= 15 is 0 Å². The number of nitrogens with zero attached hydrogens (tertiary/aromatic N) is 1. The minimum Gasteiger partial charge on any atom is -0.464 e. The van der Waals surface area contributed by atoms with E-state index in [4.69, 9.17) is 0 Å². The molecule has 7 nitrogen and oxygen atoms in total. The Morgan fingerprint density at radius 2 is 1.91 bits per heavy atom. The lowest BCUT2D eigenvalue weighted by molar-refractivity contribution is -0.137. The van der Waals surface area contributed by atoms with Crippen molar-refractivity contribution in [3.63, 3.8) is 0 Å². The molecular weight excluding hydrogens is 298 g/mol. The van der Waals surface area contributed by atoms with Gasteiger partial charge in [-0.3, -0.25) is 9.59 Å². The van der Waals surface area contributed by atoms with Crippen molar-refractivity contribution in [2.45, 2.75) is 26.3 Å². The molecule has 0 bridgehead atoms. The van der Waals surface area contributed by atoms with Crippen LogP contribution in [0.5, 0.6) is 0 Å². The fourth-order valence-electron chi connectivity index (χ4n) is 2.83. The van der Waals surface area contributed by atoms with Gasteiger partial charge in [-0.25, -0.2) is 15.1 Å². The monoisotopic (exact) mass is 315 g/mol. The number of carbonyl (C=O) groups excluding carboxylic acids is 3. The number of carbonyl (C=O) groups is 3. The van der Waals surface area contributed by atoms with Crippen LogP contribution in [-0.2, 0) is 19.1 Å². The third-order valence-electron chi connectivity index (χ3n) is 4.37. The molecule has 1 unspecified atom stereocenters. The molecule has 0 radical (unpaired) electrons. The van der Waals surface area contributed by atoms with E-state index in [0.717, 1.165) is 16.0 Å². The number of hydrogen-bond donors (Lipinski definition) is 2. The zero-order valence-electron chi connectivity index (χ0n) is 13.3. The lowest BCUT2D eigenvalue weighted by atomic mass is 9.95. The van der Waals surface area contributed by atoms with Gasteiger partial charge in [0, 0.05) is 0 Å². The second-order valence-electron chi connectivity index (χ2n) is 5.83. The van der Waals surface area contributed by atoms with E-state index in [1.54, 1.807) is 19.1 Å². The van der Waals surface area contributed by atoms with Crippen LogP contribution in [0.2, 0.25) is 0 Å². The number of aryl methyl sites for hydroxylation is 2. The van der Waals surface area contributed by atoms with Gasteiger partial charge in [-0.05, 0) is 44.0 Å². The Balaban J connectivity index is 2.13. The number of rotatable bonds is 2. The highest BCUT2D eigenvalue weighted by Gasteiger charge is 2.59. The van der Waals surface area contributed by atoms with Gasteiger partial charge in [-0.15, -0.1) is 0 Å². The first-order chi connectivity index (χ1) is 10.8. The molecule has 0 aromatic heterocycles. The highest BCUT2D eigenvalue weighted by atomic mass is 16.5. The predicted molar refractivity (Wildman–Crippen MR) is 82.1 cm³/mol. The van der Waals surface area contributed by atoms with E-state index in [1.807, 2.05) is 19.9 Å². The van der Waals surface area contributed by atoms with E-state index in [9.17, 15) is 14.4 Å². The molecule has 2 heterocycles. The number of amides is 2. The molecule has 1 atom stereocenters. The van der Waals surface area contributed by atoms with Gasteiger partial charge < -0.3 is 10.2 Å². The Kier molecular flexibility index (Phi) is 3.26. The number of anilines is 1. The maximum Gasteiger partial charge on any atom is 0.356 e. The maximum absolute atomic E-state index is 12.8. The lowest BCUT2D eigenvalue weighted by Gasteiger charge is -2.20. The Morgan fingerprint density at radius 1 is 1.22 bits per heavy atom. The average Bonchev–Trinajstić information content (AvgIpc) is 2.96. The third-order valence-corrected chi connectivity index (χ3v) is 4.37. The molecule has 120 valence electrons. The summed E-state index contributed by atoms with van der Waals surface area (Å²) in [5.74, 6) is -1.66. The highest BCUT2D eigenvalue weighted by Crippen LogP contribution is 2.37. The average molecular weight is 315 g/mol. The third kappa shape index (κ3) is 1.97. The molecule has 0 aliphatic carbocycles. The van der Waals surface area contributed by atoms with E-state index in [2.05, 4.69) is 15.6 Å². The van der Waals surface area contributed by atoms with Gasteiger partial charge in [-0.2, -0.15) is 0 Å². The zero-order chi connectivity index (χ0) is 16.9. The van der Waals surface area contributed by atoms with Crippen LogP contribution in [0.25, 0.3) is 0 Å². The van der Waals surface area contributed by atoms with E-state index in [0.29, 0.717) is 5.69 Å². The first kappa shape index (κ1) is 15.2. The van der Waals surface area contributed by atoms with Gasteiger partial charge in [0.25, 0.3) is 11.8 Å². The van der Waals surface area contributed by atoms with Crippen molar-refractivity contribution in [3.05, 3.63) is 40.6 Å². The number of hydrazine groups is 1. The smallest absolute Gasteiger partial charge is 0.356 e. The van der Waals surface area contributed by atoms with Crippen molar-refractivity contribution in [1.29, 1.82) is 0 Å². The van der Waals surface area contributed by atoms with Crippen molar-refractivity contribution in [2.75, 3.05) is 12.0 Å². The van der Waals surface area contributed by atoms with Gasteiger partial charge in [0.15, 0.2) is 0 Å². The van der Waals surface area contributed by atoms with Crippen molar-refractivity contribution in [2.24, 2.45) is 0 Å². The van der Waals surface area contributed by atoms with Crippen LogP contribution in [-0.4, -0.2) is 30.4 Å². The number of hydrogen-bond acceptors (Lipinski definition) is 6. The standard InChI is InChI=1S/C16H17N3O4/c1-8-5-6-10(7-9(8)2)19-13(20)11-12(14(21)23-4)17-18-16(11,3)15(19)22/h5-7,17-18H,1-4H3. The maximum atomic E-state index is 12.8. The molecule has 2 aliphatic heterocycles. The summed E-state index contributed by atoms with van der Waals surface area (Å²) in [6.07, 6.45) is 0. The summed E-state index contributed by atoms with van der Waals surface area (Å²) in [5, 5.41) is 0. The number of ether oxygens (including phenoxy) is 1. The molecule has 1 aromatic rings. The molecule has 0 saturated carbocycles. The van der Waals surface area contributed by atoms with Crippen LogP contribution < -0.4 is 15.8 Å². The highest BCUT2D eigenvalue weighted by molar-refractivity contribution is 6.34. The SMILES string of the molecule is COC(=O)C1=C2C(=O)N(c3ccc(C)c(C)c3)C(=O)C2(C)NN1. The number of benzene rings is 1. The first-order valence-corrected chi connectivity index (χ1v) is 7.13. The van der Waals surface area contributed by atoms with Crippen LogP contribution >= 0.6 is 0 Å². The fraction of sp³-hybridized carbons (Fsp3) is 0.312. The summed E-state index contributed by atoms with van der Waals surface area (Å²) in [6, 6.07) is 5.35. The molecule has 2 amide bonds. The minimum atomic E-state index is -1.29. The Labute approximate surface area is 133 Å². The molecule has 1 saturated heterocycles. The lowest BCUT2D eigenvalue weighted by Crippen LogP contribution is -2.51. The van der Waals surface area contributed by atoms with Gasteiger partial charge >= 0.3 is 5.97 Å². The van der Waals surface area contributed by atoms with E-state index < -0.39 is 23.3 Å². The number of fused-ring (bicyclic) bond motifs is 1. The predicted octanol–water partition coefficient (Wildman–Crippen LogP) is 0.470. The molecule has 0 spiro atoms. The van der Waals surface area contributed by atoms with Crippen LogP contribution in [0.4, 0.5) is 5.69 Å². The van der Waals surface area contributed by atoms with Crippen molar-refractivity contribution in [3.8, 4) is 0 Å². The number of imide groups is 1. The topological polar surface area (TPSA) is 87.7 Å². The number of nitrogens with one attached hydrogen (secondary N) is 2. The van der Waals surface area contributed by atoms with E-state index in [-0.39, 0.29) is 11.3 Å². The summed E-state index contributed by atoms with van der Waals surface area (Å²) in [5.41, 5.74) is 6.59. The molecule has 2 aliphatic rings. The summed E-state index contributed by atoms with van der Waals surface area (Å²) >= 11 is 0. The molecule has 7 heteroatoms. The van der Waals surface area contributed by atoms with Crippen molar-refractivity contribution < 1.29 is 19.1 Å². The van der Waals surface area contributed by atoms with Crippen LogP contribution in [0.15, 0.2) is 29.5 Å². The van der Waals surface area contributed by atoms with Crippen molar-refractivity contribution in [1.82, 2.24) is 10.9 Å². The van der Waals surface area contributed by atoms with Gasteiger partial charge in [0.2, 0.25) is 0 Å². The summed E-state index contributed by atoms with van der Waals surface area (Å²) in [6.45, 7) is 5.42. The zero-order valence-corrected chi connectivity index (χ0v) is 13.3. The largest absolute Gasteiger partial charge is 0.464 e. The Bertz CT molecular complexity index is 784. The van der Waals surface area contributed by atoms with Crippen LogP contribution in [0.1, 0.15) is 18.1 Å². The second kappa shape index (κ2) is 4.92. The van der Waals surface area contributed by atoms with Crippen LogP contribution in [0.3, 0.4) is 0 Å².